The van der Waals surface area contributed by atoms with Gasteiger partial charge in [0.15, 0.2) is 17.5 Å². The fraction of sp³-hybridized carbons (Fsp3) is 0.250. The highest BCUT2D eigenvalue weighted by Crippen LogP contribution is 2.35. The topological polar surface area (TPSA) is 91.0 Å². The van der Waals surface area contributed by atoms with E-state index in [-0.39, 0.29) is 6.04 Å². The fourth-order valence-corrected chi connectivity index (χ4v) is 3.81. The third kappa shape index (κ3) is 2.59. The zero-order valence-electron chi connectivity index (χ0n) is 14.6. The van der Waals surface area contributed by atoms with E-state index in [1.807, 2.05) is 47.8 Å². The maximum atomic E-state index is 11.6. The molecular formula is C20H20N2O4. The number of carboxylic acid groups (broad SMARTS) is 1. The molecular weight excluding hydrogens is 332 g/mol. The summed E-state index contributed by atoms with van der Waals surface area (Å²) >= 11 is 0. The summed E-state index contributed by atoms with van der Waals surface area (Å²) in [5, 5.41) is 14.5. The number of fused-ring (bicyclic) bond motifs is 3. The van der Waals surface area contributed by atoms with E-state index >= 15 is 0 Å². The van der Waals surface area contributed by atoms with Gasteiger partial charge in [-0.3, -0.25) is 0 Å². The lowest BCUT2D eigenvalue weighted by Gasteiger charge is -2.29. The normalized spacial score (nSPS) is 19.2. The van der Waals surface area contributed by atoms with Gasteiger partial charge in [0.2, 0.25) is 0 Å². The average molecular weight is 352 g/mol. The summed E-state index contributed by atoms with van der Waals surface area (Å²) in [7, 11) is 3.18. The van der Waals surface area contributed by atoms with Crippen molar-refractivity contribution in [3.05, 3.63) is 59.3 Å². The third-order valence-corrected chi connectivity index (χ3v) is 5.08. The Morgan fingerprint density at radius 3 is 2.65 bits per heavy atom. The molecule has 134 valence electrons. The lowest BCUT2D eigenvalue weighted by atomic mass is 9.90. The monoisotopic (exact) mass is 352 g/mol. The van der Waals surface area contributed by atoms with E-state index in [0.717, 1.165) is 27.7 Å². The van der Waals surface area contributed by atoms with Crippen LogP contribution in [0.4, 0.5) is 0 Å². The molecule has 0 saturated carbocycles. The largest absolute Gasteiger partial charge is 0.544 e. The van der Waals surface area contributed by atoms with Gasteiger partial charge in [0, 0.05) is 22.9 Å². The Labute approximate surface area is 150 Å². The fourth-order valence-electron chi connectivity index (χ4n) is 3.81. The Balaban J connectivity index is 1.87. The van der Waals surface area contributed by atoms with Crippen LogP contribution >= 0.6 is 0 Å². The number of nitrogens with one attached hydrogen (secondary N) is 1. The number of para-hydroxylation sites is 1. The highest BCUT2D eigenvalue weighted by atomic mass is 16.5. The molecule has 0 spiro atoms. The van der Waals surface area contributed by atoms with Crippen LogP contribution in [0.15, 0.2) is 42.5 Å². The predicted molar refractivity (Wildman–Crippen MR) is 94.1 cm³/mol. The molecule has 0 amide bonds. The highest BCUT2D eigenvalue weighted by Gasteiger charge is 2.35. The van der Waals surface area contributed by atoms with E-state index in [2.05, 4.69) is 4.98 Å². The minimum Gasteiger partial charge on any atom is -0.544 e. The van der Waals surface area contributed by atoms with Crippen LogP contribution in [-0.4, -0.2) is 31.2 Å². The number of aliphatic carboxylic acids is 1. The van der Waals surface area contributed by atoms with Crippen LogP contribution in [-0.2, 0) is 11.2 Å². The van der Waals surface area contributed by atoms with Crippen molar-refractivity contribution in [2.75, 3.05) is 14.2 Å². The number of hydrogen-bond acceptors (Lipinski definition) is 4. The summed E-state index contributed by atoms with van der Waals surface area (Å²) in [6.45, 7) is 0. The van der Waals surface area contributed by atoms with E-state index in [9.17, 15) is 9.90 Å². The van der Waals surface area contributed by atoms with Gasteiger partial charge in [-0.1, -0.05) is 18.2 Å². The maximum Gasteiger partial charge on any atom is 0.161 e. The first-order valence-corrected chi connectivity index (χ1v) is 8.49. The van der Waals surface area contributed by atoms with Crippen molar-refractivity contribution >= 4 is 16.9 Å². The van der Waals surface area contributed by atoms with Crippen LogP contribution in [0.2, 0.25) is 0 Å². The second kappa shape index (κ2) is 6.38. The van der Waals surface area contributed by atoms with Crippen molar-refractivity contribution in [1.29, 1.82) is 0 Å². The number of rotatable bonds is 4. The molecule has 3 N–H and O–H groups in total. The lowest BCUT2D eigenvalue weighted by Crippen LogP contribution is -2.95. The van der Waals surface area contributed by atoms with E-state index < -0.39 is 12.0 Å². The number of aromatic amines is 1. The molecule has 3 aromatic rings. The minimum atomic E-state index is -1.05. The van der Waals surface area contributed by atoms with Gasteiger partial charge in [0.25, 0.3) is 0 Å². The lowest BCUT2D eigenvalue weighted by molar-refractivity contribution is -0.717. The maximum absolute atomic E-state index is 11.6. The second-order valence-electron chi connectivity index (χ2n) is 6.48. The molecule has 0 fully saturated rings. The second-order valence-corrected chi connectivity index (χ2v) is 6.48. The molecule has 2 atom stereocenters. The minimum absolute atomic E-state index is 0.186. The molecule has 1 aliphatic heterocycles. The first kappa shape index (κ1) is 16.5. The molecule has 0 radical (unpaired) electrons. The summed E-state index contributed by atoms with van der Waals surface area (Å²) in [4.78, 5) is 15.1. The molecule has 6 nitrogen and oxygen atoms in total. The molecule has 0 aliphatic carbocycles. The summed E-state index contributed by atoms with van der Waals surface area (Å²) in [6, 6.07) is 12.8. The molecule has 2 aromatic carbocycles. The number of hydrogen-bond donors (Lipinski definition) is 2. The zero-order valence-corrected chi connectivity index (χ0v) is 14.6. The van der Waals surface area contributed by atoms with Crippen LogP contribution in [0, 0.1) is 0 Å². The molecule has 0 unspecified atom stereocenters. The smallest absolute Gasteiger partial charge is 0.161 e. The van der Waals surface area contributed by atoms with Gasteiger partial charge in [-0.25, -0.2) is 0 Å². The molecule has 2 heterocycles. The van der Waals surface area contributed by atoms with Crippen molar-refractivity contribution in [3.63, 3.8) is 0 Å². The number of nitrogens with two attached hydrogens (primary N) is 1. The van der Waals surface area contributed by atoms with E-state index in [1.54, 1.807) is 14.2 Å². The van der Waals surface area contributed by atoms with Crippen molar-refractivity contribution < 1.29 is 24.7 Å². The molecule has 1 aliphatic rings. The molecule has 0 saturated heterocycles. The van der Waals surface area contributed by atoms with Gasteiger partial charge in [0.1, 0.15) is 6.04 Å². The summed E-state index contributed by atoms with van der Waals surface area (Å²) in [6.07, 6.45) is 0.436. The van der Waals surface area contributed by atoms with E-state index in [1.165, 1.54) is 0 Å². The van der Waals surface area contributed by atoms with E-state index in [0.29, 0.717) is 17.9 Å². The highest BCUT2D eigenvalue weighted by molar-refractivity contribution is 5.86. The van der Waals surface area contributed by atoms with Gasteiger partial charge in [-0.2, -0.15) is 0 Å². The average Bonchev–Trinajstić information content (AvgIpc) is 3.05. The predicted octanol–water partition coefficient (Wildman–Crippen LogP) is 0.513. The van der Waals surface area contributed by atoms with Crippen LogP contribution in [0.1, 0.15) is 22.9 Å². The quantitative estimate of drug-likeness (QED) is 0.716. The Kier molecular flexibility index (Phi) is 4.05. The van der Waals surface area contributed by atoms with Crippen molar-refractivity contribution in [2.24, 2.45) is 0 Å². The van der Waals surface area contributed by atoms with Crippen molar-refractivity contribution in [3.8, 4) is 11.5 Å². The first-order valence-electron chi connectivity index (χ1n) is 8.49. The zero-order chi connectivity index (χ0) is 18.3. The summed E-state index contributed by atoms with van der Waals surface area (Å²) in [5.41, 5.74) is 4.02. The van der Waals surface area contributed by atoms with Gasteiger partial charge in [-0.15, -0.1) is 0 Å². The number of methoxy groups -OCH3 is 2. The van der Waals surface area contributed by atoms with Gasteiger partial charge in [0.05, 0.1) is 25.9 Å². The number of quaternary nitrogens is 1. The third-order valence-electron chi connectivity index (χ3n) is 5.08. The van der Waals surface area contributed by atoms with Gasteiger partial charge < -0.3 is 29.7 Å². The number of ether oxygens (including phenoxy) is 2. The number of H-pyrrole nitrogens is 1. The number of carbonyl (C=O) groups is 1. The Bertz CT molecular complexity index is 979. The SMILES string of the molecule is COc1ccc([C@@H]2[NH2+][C@H](C(=O)[O-])Cc3c2[nH]c2ccccc32)cc1OC. The molecule has 26 heavy (non-hydrogen) atoms. The number of aromatic nitrogens is 1. The van der Waals surface area contributed by atoms with Crippen LogP contribution in [0.3, 0.4) is 0 Å². The molecule has 1 aromatic heterocycles. The van der Waals surface area contributed by atoms with E-state index in [4.69, 9.17) is 9.47 Å². The molecule has 6 heteroatoms. The van der Waals surface area contributed by atoms with Crippen molar-refractivity contribution in [2.45, 2.75) is 18.5 Å². The Hall–Kier alpha value is -2.99. The van der Waals surface area contributed by atoms with Gasteiger partial charge >= 0.3 is 0 Å². The summed E-state index contributed by atoms with van der Waals surface area (Å²) in [5.74, 6) is 0.207. The molecule has 4 rings (SSSR count). The molecule has 0 bridgehead atoms. The number of carbonyl (C=O) groups excluding carboxylic acids is 1. The van der Waals surface area contributed by atoms with Crippen molar-refractivity contribution in [1.82, 2.24) is 4.98 Å². The van der Waals surface area contributed by atoms with Crippen LogP contribution < -0.4 is 19.9 Å². The standard InChI is InChI=1S/C20H20N2O4/c1-25-16-8-7-11(9-17(16)26-2)18-19-13(10-15(22-18)20(23)24)12-5-3-4-6-14(12)21-19/h3-9,15,18,21-22H,10H2,1-2H3,(H,23,24)/t15-,18-/m0/s1. The Morgan fingerprint density at radius 1 is 1.15 bits per heavy atom. The first-order chi connectivity index (χ1) is 12.6. The van der Waals surface area contributed by atoms with Crippen LogP contribution in [0.25, 0.3) is 10.9 Å². The van der Waals surface area contributed by atoms with Crippen LogP contribution in [0.5, 0.6) is 11.5 Å². The number of benzene rings is 2. The number of carboxylic acids is 1. The summed E-state index contributed by atoms with van der Waals surface area (Å²) < 4.78 is 10.7. The van der Waals surface area contributed by atoms with Gasteiger partial charge in [-0.05, 0) is 29.8 Å². The Morgan fingerprint density at radius 2 is 1.92 bits per heavy atom.